The molecule has 336 valence electrons. The summed E-state index contributed by atoms with van der Waals surface area (Å²) >= 11 is 0. The van der Waals surface area contributed by atoms with E-state index in [1.165, 1.54) is 30.6 Å². The van der Waals surface area contributed by atoms with Crippen LogP contribution in [0.4, 0.5) is 52.5 Å². The molecule has 67 heavy (non-hydrogen) atoms. The number of nitrogens with two attached hydrogens (primary N) is 2. The second-order valence-corrected chi connectivity index (χ2v) is 15.7. The van der Waals surface area contributed by atoms with E-state index in [-0.39, 0.29) is 23.1 Å². The number of aromatic nitrogens is 6. The second-order valence-electron chi connectivity index (χ2n) is 15.7. The highest BCUT2D eigenvalue weighted by atomic mass is 19.4. The van der Waals surface area contributed by atoms with E-state index in [0.29, 0.717) is 47.5 Å². The zero-order valence-corrected chi connectivity index (χ0v) is 36.2. The minimum absolute atomic E-state index is 0.0389. The zero-order chi connectivity index (χ0) is 47.1. The first-order chi connectivity index (χ1) is 32.3. The van der Waals surface area contributed by atoms with Gasteiger partial charge in [-0.2, -0.15) is 13.2 Å². The molecule has 1 aliphatic heterocycles. The third kappa shape index (κ3) is 11.1. The lowest BCUT2D eigenvalue weighted by molar-refractivity contribution is -0.137. The van der Waals surface area contributed by atoms with Crippen LogP contribution in [-0.2, 0) is 6.18 Å². The van der Waals surface area contributed by atoms with Crippen LogP contribution in [0.2, 0.25) is 0 Å². The lowest BCUT2D eigenvalue weighted by atomic mass is 10.0. The molecular weight excluding hydrogens is 861 g/mol. The van der Waals surface area contributed by atoms with E-state index in [1.807, 2.05) is 67.5 Å². The molecule has 8 aromatic rings. The molecular formula is C50H42F4N12O. The van der Waals surface area contributed by atoms with Gasteiger partial charge in [0.25, 0.3) is 5.91 Å². The number of carbonyl (C=O) groups is 1. The minimum atomic E-state index is -4.61. The van der Waals surface area contributed by atoms with Crippen molar-refractivity contribution in [2.75, 3.05) is 54.2 Å². The maximum atomic E-state index is 14.6. The number of halogens is 4. The lowest BCUT2D eigenvalue weighted by Crippen LogP contribution is -2.42. The van der Waals surface area contributed by atoms with E-state index in [4.69, 9.17) is 11.5 Å². The van der Waals surface area contributed by atoms with Gasteiger partial charge in [0.1, 0.15) is 5.82 Å². The van der Waals surface area contributed by atoms with Crippen molar-refractivity contribution in [3.05, 3.63) is 161 Å². The van der Waals surface area contributed by atoms with E-state index >= 15 is 0 Å². The van der Waals surface area contributed by atoms with Crippen molar-refractivity contribution in [1.82, 2.24) is 34.8 Å². The van der Waals surface area contributed by atoms with Gasteiger partial charge in [0.2, 0.25) is 17.8 Å². The number of amides is 1. The van der Waals surface area contributed by atoms with E-state index < -0.39 is 23.5 Å². The highest BCUT2D eigenvalue weighted by Crippen LogP contribution is 2.37. The fourth-order valence-corrected chi connectivity index (χ4v) is 7.42. The van der Waals surface area contributed by atoms with Crippen molar-refractivity contribution in [2.24, 2.45) is 0 Å². The Labute approximate surface area is 382 Å². The van der Waals surface area contributed by atoms with E-state index in [1.54, 1.807) is 12.4 Å². The van der Waals surface area contributed by atoms with Crippen molar-refractivity contribution in [3.63, 3.8) is 0 Å². The molecule has 9 rings (SSSR count). The average Bonchev–Trinajstić information content (AvgIpc) is 3.74. The van der Waals surface area contributed by atoms with Gasteiger partial charge in [-0.1, -0.05) is 60.1 Å². The Hall–Kier alpha value is -8.54. The summed E-state index contributed by atoms with van der Waals surface area (Å²) in [5, 5.41) is 8.02. The van der Waals surface area contributed by atoms with Gasteiger partial charge in [0.05, 0.1) is 44.7 Å². The van der Waals surface area contributed by atoms with Gasteiger partial charge in [-0.05, 0) is 93.0 Å². The third-order valence-corrected chi connectivity index (χ3v) is 10.9. The Bertz CT molecular complexity index is 3160. The molecule has 4 heterocycles. The predicted octanol–water partition coefficient (Wildman–Crippen LogP) is 8.63. The van der Waals surface area contributed by atoms with Crippen molar-refractivity contribution >= 4 is 62.6 Å². The summed E-state index contributed by atoms with van der Waals surface area (Å²) in [7, 11) is 3.97. The SMILES string of the molecule is CN(C)C1CCN(c2ccc(C(F)(F)F)cc2NC(=O)c2cc(C#Cc3cnc(N)nc3)ccc2F)CC1.Nc1ncc(C#Cc2ccc(Nc3nc4ccccc4[nH]3)c3ccccc23)cn1. The Balaban J connectivity index is 0.000000188. The smallest absolute Gasteiger partial charge is 0.370 e. The van der Waals surface area contributed by atoms with E-state index in [0.717, 1.165) is 64.1 Å². The number of nitrogens with zero attached hydrogens (tertiary/aromatic N) is 7. The molecule has 5 aromatic carbocycles. The van der Waals surface area contributed by atoms with Crippen LogP contribution in [0, 0.1) is 29.5 Å². The molecule has 0 unspecified atom stereocenters. The number of aromatic amines is 1. The number of imidazole rings is 1. The van der Waals surface area contributed by atoms with Crippen molar-refractivity contribution in [3.8, 4) is 23.7 Å². The zero-order valence-electron chi connectivity index (χ0n) is 36.2. The number of fused-ring (bicyclic) bond motifs is 2. The number of nitrogens with one attached hydrogen (secondary N) is 3. The molecule has 13 nitrogen and oxygen atoms in total. The maximum absolute atomic E-state index is 14.6. The lowest BCUT2D eigenvalue weighted by Gasteiger charge is -2.37. The van der Waals surface area contributed by atoms with Gasteiger partial charge >= 0.3 is 6.18 Å². The van der Waals surface area contributed by atoms with Crippen LogP contribution in [0.5, 0.6) is 0 Å². The maximum Gasteiger partial charge on any atom is 0.416 e. The first kappa shape index (κ1) is 45.0. The van der Waals surface area contributed by atoms with Gasteiger partial charge in [0, 0.05) is 66.1 Å². The van der Waals surface area contributed by atoms with E-state index in [9.17, 15) is 22.4 Å². The summed E-state index contributed by atoms with van der Waals surface area (Å²) in [4.78, 5) is 40.7. The highest BCUT2D eigenvalue weighted by molar-refractivity contribution is 6.06. The summed E-state index contributed by atoms with van der Waals surface area (Å²) in [5.41, 5.74) is 15.4. The third-order valence-electron chi connectivity index (χ3n) is 10.9. The molecule has 0 spiro atoms. The Kier molecular flexibility index (Phi) is 13.2. The average molecular weight is 903 g/mol. The molecule has 1 saturated heterocycles. The molecule has 1 fully saturated rings. The van der Waals surface area contributed by atoms with Crippen LogP contribution in [0.1, 0.15) is 51.0 Å². The summed E-state index contributed by atoms with van der Waals surface area (Å²) < 4.78 is 55.1. The fraction of sp³-hybridized carbons (Fsp3) is 0.160. The second kappa shape index (κ2) is 19.7. The predicted molar refractivity (Wildman–Crippen MR) is 253 cm³/mol. The number of hydrogen-bond acceptors (Lipinski definition) is 11. The largest absolute Gasteiger partial charge is 0.416 e. The molecule has 1 aliphatic rings. The monoisotopic (exact) mass is 902 g/mol. The van der Waals surface area contributed by atoms with E-state index in [2.05, 4.69) is 81.3 Å². The van der Waals surface area contributed by atoms with Gasteiger partial charge in [-0.15, -0.1) is 0 Å². The molecule has 1 amide bonds. The standard InChI is InChI=1S/C27H26F4N6O.C23H16N6/c1-36(2)20-9-11-37(12-10-20)24-8-6-19(27(29,30)31)14-23(24)35-25(38)21-13-17(5-7-22(21)28)3-4-18-15-33-26(32)34-16-18;24-22-25-13-15(14-26-22)9-10-16-11-12-19(18-6-2-1-5-17(16)18)27-23-28-20-7-3-4-8-21(20)29-23/h5-8,13-16,20H,9-12H2,1-2H3,(H,35,38)(H2,32,33,34);1-8,11-14H,(H2,24,25,26)(H2,27,28,29). The Morgan fingerprint density at radius 3 is 2.03 bits per heavy atom. The number of H-pyrrole nitrogens is 1. The molecule has 0 saturated carbocycles. The van der Waals surface area contributed by atoms with Crippen LogP contribution in [0.3, 0.4) is 0 Å². The summed E-state index contributed by atoms with van der Waals surface area (Å²) in [6, 6.07) is 27.4. The number of anilines is 6. The molecule has 0 bridgehead atoms. The Morgan fingerprint density at radius 2 is 1.37 bits per heavy atom. The number of carbonyl (C=O) groups excluding carboxylic acids is 1. The Morgan fingerprint density at radius 1 is 0.746 bits per heavy atom. The number of piperidine rings is 1. The van der Waals surface area contributed by atoms with Crippen LogP contribution in [0.25, 0.3) is 21.8 Å². The van der Waals surface area contributed by atoms with Crippen molar-refractivity contribution < 1.29 is 22.4 Å². The van der Waals surface area contributed by atoms with Gasteiger partial charge in [-0.3, -0.25) is 4.79 Å². The quantitative estimate of drug-likeness (QED) is 0.0797. The summed E-state index contributed by atoms with van der Waals surface area (Å²) in [5.74, 6) is 11.2. The first-order valence-corrected chi connectivity index (χ1v) is 20.9. The van der Waals surface area contributed by atoms with Crippen LogP contribution in [0.15, 0.2) is 122 Å². The number of benzene rings is 5. The van der Waals surface area contributed by atoms with Crippen LogP contribution in [-0.4, -0.2) is 73.9 Å². The molecule has 0 radical (unpaired) electrons. The summed E-state index contributed by atoms with van der Waals surface area (Å²) in [6.07, 6.45) is 3.10. The topological polar surface area (TPSA) is 180 Å². The number of nitrogen functional groups attached to an aromatic ring is 2. The molecule has 0 aliphatic carbocycles. The van der Waals surface area contributed by atoms with Gasteiger partial charge in [0.15, 0.2) is 0 Å². The number of para-hydroxylation sites is 2. The van der Waals surface area contributed by atoms with Crippen molar-refractivity contribution in [2.45, 2.75) is 25.1 Å². The molecule has 17 heteroatoms. The molecule has 7 N–H and O–H groups in total. The molecule has 0 atom stereocenters. The van der Waals surface area contributed by atoms with Crippen molar-refractivity contribution in [1.29, 1.82) is 0 Å². The highest BCUT2D eigenvalue weighted by Gasteiger charge is 2.32. The van der Waals surface area contributed by atoms with Crippen LogP contribution < -0.4 is 27.0 Å². The number of hydrogen-bond donors (Lipinski definition) is 5. The normalized spacial score (nSPS) is 12.7. The molecule has 3 aromatic heterocycles. The summed E-state index contributed by atoms with van der Waals surface area (Å²) in [6.45, 7) is 1.21. The fourth-order valence-electron chi connectivity index (χ4n) is 7.42. The van der Waals surface area contributed by atoms with Crippen LogP contribution >= 0.6 is 0 Å². The van der Waals surface area contributed by atoms with Gasteiger partial charge < -0.3 is 36.9 Å². The van der Waals surface area contributed by atoms with Gasteiger partial charge in [-0.25, -0.2) is 29.3 Å². The first-order valence-electron chi connectivity index (χ1n) is 20.9. The number of alkyl halides is 3. The number of rotatable bonds is 6. The minimum Gasteiger partial charge on any atom is -0.370 e.